The van der Waals surface area contributed by atoms with Crippen molar-refractivity contribution >= 4 is 22.5 Å². The molecule has 30 heavy (non-hydrogen) atoms. The van der Waals surface area contributed by atoms with Crippen molar-refractivity contribution in [3.63, 3.8) is 0 Å². The van der Waals surface area contributed by atoms with E-state index >= 15 is 0 Å². The van der Waals surface area contributed by atoms with Gasteiger partial charge in [0.2, 0.25) is 0 Å². The molecule has 0 fully saturated rings. The summed E-state index contributed by atoms with van der Waals surface area (Å²) in [7, 11) is 0. The van der Waals surface area contributed by atoms with Gasteiger partial charge < -0.3 is 9.88 Å². The van der Waals surface area contributed by atoms with Crippen LogP contribution in [0.1, 0.15) is 22.6 Å². The maximum atomic E-state index is 12.5. The lowest BCUT2D eigenvalue weighted by Crippen LogP contribution is -2.26. The Hall–Kier alpha value is -4.01. The Balaban J connectivity index is 1.38. The van der Waals surface area contributed by atoms with Crippen molar-refractivity contribution < 1.29 is 9.72 Å². The number of amides is 1. The van der Waals surface area contributed by atoms with Gasteiger partial charge in [0.15, 0.2) is 5.69 Å². The SMILES string of the molecule is Cc1c(C(=O)NCCCn2ccc3ccccc32)nnn1-c1cccc([N+](=O)[O-])c1. The molecule has 4 rings (SSSR count). The predicted octanol–water partition coefficient (Wildman–Crippen LogP) is 3.26. The number of aromatic nitrogens is 4. The van der Waals surface area contributed by atoms with Crippen LogP contribution in [0.25, 0.3) is 16.6 Å². The lowest BCUT2D eigenvalue weighted by molar-refractivity contribution is -0.384. The van der Waals surface area contributed by atoms with E-state index in [0.29, 0.717) is 17.9 Å². The fourth-order valence-corrected chi connectivity index (χ4v) is 3.39. The van der Waals surface area contributed by atoms with Crippen molar-refractivity contribution in [1.29, 1.82) is 0 Å². The van der Waals surface area contributed by atoms with Crippen molar-refractivity contribution in [1.82, 2.24) is 24.9 Å². The molecule has 152 valence electrons. The van der Waals surface area contributed by atoms with Gasteiger partial charge in [0.05, 0.1) is 16.3 Å². The fraction of sp³-hybridized carbons (Fsp3) is 0.190. The minimum Gasteiger partial charge on any atom is -0.351 e. The molecule has 2 heterocycles. The van der Waals surface area contributed by atoms with E-state index in [9.17, 15) is 14.9 Å². The summed E-state index contributed by atoms with van der Waals surface area (Å²) >= 11 is 0. The Morgan fingerprint density at radius 3 is 2.83 bits per heavy atom. The van der Waals surface area contributed by atoms with Crippen molar-refractivity contribution in [2.45, 2.75) is 19.9 Å². The molecule has 9 heteroatoms. The van der Waals surface area contributed by atoms with Crippen LogP contribution < -0.4 is 5.32 Å². The zero-order valence-corrected chi connectivity index (χ0v) is 16.4. The summed E-state index contributed by atoms with van der Waals surface area (Å²) in [6.07, 6.45) is 2.81. The molecule has 0 bridgehead atoms. The number of carbonyl (C=O) groups is 1. The summed E-state index contributed by atoms with van der Waals surface area (Å²) in [4.78, 5) is 23.0. The van der Waals surface area contributed by atoms with Crippen LogP contribution in [-0.4, -0.2) is 36.9 Å². The van der Waals surface area contributed by atoms with Gasteiger partial charge in [-0.05, 0) is 36.9 Å². The summed E-state index contributed by atoms with van der Waals surface area (Å²) in [5.74, 6) is -0.318. The van der Waals surface area contributed by atoms with Gasteiger partial charge in [-0.25, -0.2) is 4.68 Å². The zero-order chi connectivity index (χ0) is 21.1. The minimum absolute atomic E-state index is 0.0501. The Morgan fingerprint density at radius 2 is 2.00 bits per heavy atom. The predicted molar refractivity (Wildman–Crippen MR) is 112 cm³/mol. The molecule has 2 aromatic heterocycles. The maximum Gasteiger partial charge on any atom is 0.273 e. The number of hydrogen-bond acceptors (Lipinski definition) is 5. The van der Waals surface area contributed by atoms with Crippen molar-refractivity contribution in [3.05, 3.63) is 82.3 Å². The van der Waals surface area contributed by atoms with Crippen LogP contribution in [0.2, 0.25) is 0 Å². The van der Waals surface area contributed by atoms with Crippen molar-refractivity contribution in [2.24, 2.45) is 0 Å². The molecule has 0 unspecified atom stereocenters. The van der Waals surface area contributed by atoms with Crippen LogP contribution in [0, 0.1) is 17.0 Å². The van der Waals surface area contributed by atoms with E-state index in [1.165, 1.54) is 27.7 Å². The van der Waals surface area contributed by atoms with Crippen LogP contribution in [0.5, 0.6) is 0 Å². The quantitative estimate of drug-likeness (QED) is 0.289. The Labute approximate surface area is 172 Å². The first-order chi connectivity index (χ1) is 14.5. The number of fused-ring (bicyclic) bond motifs is 1. The molecule has 0 atom stereocenters. The Bertz CT molecular complexity index is 1230. The number of nitro groups is 1. The third-order valence-electron chi connectivity index (χ3n) is 4.94. The third kappa shape index (κ3) is 3.77. The summed E-state index contributed by atoms with van der Waals surface area (Å²) < 4.78 is 3.58. The topological polar surface area (TPSA) is 108 Å². The van der Waals surface area contributed by atoms with Gasteiger partial charge in [-0.1, -0.05) is 29.5 Å². The smallest absolute Gasteiger partial charge is 0.273 e. The molecule has 0 saturated heterocycles. The normalized spacial score (nSPS) is 11.0. The first kappa shape index (κ1) is 19.3. The highest BCUT2D eigenvalue weighted by Crippen LogP contribution is 2.18. The van der Waals surface area contributed by atoms with E-state index in [-0.39, 0.29) is 17.3 Å². The summed E-state index contributed by atoms with van der Waals surface area (Å²) in [5, 5.41) is 23.0. The van der Waals surface area contributed by atoms with E-state index in [2.05, 4.69) is 38.4 Å². The Kier molecular flexibility index (Phi) is 5.25. The number of rotatable bonds is 7. The second kappa shape index (κ2) is 8.16. The lowest BCUT2D eigenvalue weighted by atomic mass is 10.2. The van der Waals surface area contributed by atoms with Gasteiger partial charge >= 0.3 is 0 Å². The molecule has 0 aliphatic heterocycles. The summed E-state index contributed by atoms with van der Waals surface area (Å²) in [6.45, 7) is 2.99. The fourth-order valence-electron chi connectivity index (χ4n) is 3.39. The van der Waals surface area contributed by atoms with E-state index in [0.717, 1.165) is 13.0 Å². The van der Waals surface area contributed by atoms with E-state index in [4.69, 9.17) is 0 Å². The van der Waals surface area contributed by atoms with Gasteiger partial charge in [0.25, 0.3) is 11.6 Å². The molecule has 1 amide bonds. The molecule has 4 aromatic rings. The highest BCUT2D eigenvalue weighted by atomic mass is 16.6. The molecule has 9 nitrogen and oxygen atoms in total. The second-order valence-corrected chi connectivity index (χ2v) is 6.89. The van der Waals surface area contributed by atoms with Crippen molar-refractivity contribution in [3.8, 4) is 5.69 Å². The number of non-ortho nitro benzene ring substituents is 1. The molecular formula is C21H20N6O3. The number of nitrogens with zero attached hydrogens (tertiary/aromatic N) is 5. The largest absolute Gasteiger partial charge is 0.351 e. The molecule has 0 aliphatic rings. The van der Waals surface area contributed by atoms with Crippen molar-refractivity contribution in [2.75, 3.05) is 6.54 Å². The third-order valence-corrected chi connectivity index (χ3v) is 4.94. The highest BCUT2D eigenvalue weighted by Gasteiger charge is 2.18. The molecule has 1 N–H and O–H groups in total. The van der Waals surface area contributed by atoms with Gasteiger partial charge in [0, 0.05) is 36.9 Å². The standard InChI is InChI=1S/C21H20N6O3/c1-15-20(23-24-26(15)17-7-4-8-18(14-17)27(29)30)21(28)22-11-5-12-25-13-10-16-6-2-3-9-19(16)25/h2-4,6-10,13-14H,5,11-12H2,1H3,(H,22,28). The van der Waals surface area contributed by atoms with E-state index < -0.39 is 4.92 Å². The molecular weight excluding hydrogens is 384 g/mol. The van der Waals surface area contributed by atoms with Gasteiger partial charge in [0.1, 0.15) is 0 Å². The van der Waals surface area contributed by atoms with Crippen LogP contribution in [-0.2, 0) is 6.54 Å². The zero-order valence-electron chi connectivity index (χ0n) is 16.4. The number of carbonyl (C=O) groups excluding carboxylic acids is 1. The number of nitro benzene ring substituents is 1. The molecule has 0 radical (unpaired) electrons. The number of aryl methyl sites for hydroxylation is 1. The Morgan fingerprint density at radius 1 is 1.17 bits per heavy atom. The first-order valence-corrected chi connectivity index (χ1v) is 9.54. The van der Waals surface area contributed by atoms with Crippen LogP contribution in [0.4, 0.5) is 5.69 Å². The average Bonchev–Trinajstić information content (AvgIpc) is 3.34. The summed E-state index contributed by atoms with van der Waals surface area (Å²) in [5.41, 5.74) is 2.32. The average molecular weight is 404 g/mol. The monoisotopic (exact) mass is 404 g/mol. The molecule has 2 aromatic carbocycles. The lowest BCUT2D eigenvalue weighted by Gasteiger charge is -2.07. The molecule has 0 aliphatic carbocycles. The molecule has 0 spiro atoms. The summed E-state index contributed by atoms with van der Waals surface area (Å²) in [6, 6.07) is 16.3. The maximum absolute atomic E-state index is 12.5. The van der Waals surface area contributed by atoms with Crippen LogP contribution >= 0.6 is 0 Å². The number of nitrogens with one attached hydrogen (secondary N) is 1. The van der Waals surface area contributed by atoms with Crippen LogP contribution in [0.15, 0.2) is 60.8 Å². The number of benzene rings is 2. The van der Waals surface area contributed by atoms with Crippen LogP contribution in [0.3, 0.4) is 0 Å². The first-order valence-electron chi connectivity index (χ1n) is 9.54. The highest BCUT2D eigenvalue weighted by molar-refractivity contribution is 5.93. The van der Waals surface area contributed by atoms with E-state index in [1.54, 1.807) is 19.1 Å². The minimum atomic E-state index is -0.475. The van der Waals surface area contributed by atoms with Gasteiger partial charge in [-0.15, -0.1) is 5.10 Å². The molecule has 0 saturated carbocycles. The van der Waals surface area contributed by atoms with Gasteiger partial charge in [-0.2, -0.15) is 0 Å². The number of para-hydroxylation sites is 1. The number of hydrogen-bond donors (Lipinski definition) is 1. The second-order valence-electron chi connectivity index (χ2n) is 6.89. The van der Waals surface area contributed by atoms with E-state index in [1.807, 2.05) is 18.3 Å². The van der Waals surface area contributed by atoms with Gasteiger partial charge in [-0.3, -0.25) is 14.9 Å².